The van der Waals surface area contributed by atoms with Gasteiger partial charge in [0, 0.05) is 43.1 Å². The molecule has 7 nitrogen and oxygen atoms in total. The fourth-order valence-corrected chi connectivity index (χ4v) is 4.56. The second-order valence-electron chi connectivity index (χ2n) is 8.90. The first-order chi connectivity index (χ1) is 18.1. The summed E-state index contributed by atoms with van der Waals surface area (Å²) in [5, 5.41) is 7.91. The van der Waals surface area contributed by atoms with Crippen LogP contribution in [0.15, 0.2) is 91.0 Å². The third-order valence-electron chi connectivity index (χ3n) is 6.49. The Hall–Kier alpha value is -4.52. The van der Waals surface area contributed by atoms with Gasteiger partial charge in [0.25, 0.3) is 5.91 Å². The highest BCUT2D eigenvalue weighted by Crippen LogP contribution is 2.25. The molecule has 0 aliphatic carbocycles. The van der Waals surface area contributed by atoms with Crippen molar-refractivity contribution in [3.8, 4) is 5.75 Å². The molecule has 1 fully saturated rings. The normalized spacial score (nSPS) is 13.3. The van der Waals surface area contributed by atoms with Crippen LogP contribution in [0.1, 0.15) is 17.3 Å². The number of hydrogen-bond acceptors (Lipinski definition) is 4. The van der Waals surface area contributed by atoms with Gasteiger partial charge in [-0.2, -0.15) is 0 Å². The van der Waals surface area contributed by atoms with Crippen LogP contribution in [0.3, 0.4) is 0 Å². The van der Waals surface area contributed by atoms with E-state index in [4.69, 9.17) is 4.74 Å². The van der Waals surface area contributed by atoms with Gasteiger partial charge in [-0.1, -0.05) is 42.5 Å². The van der Waals surface area contributed by atoms with E-state index in [1.54, 1.807) is 6.07 Å². The summed E-state index contributed by atoms with van der Waals surface area (Å²) < 4.78 is 5.56. The molecule has 1 aliphatic rings. The molecule has 37 heavy (non-hydrogen) atoms. The second kappa shape index (κ2) is 11.0. The van der Waals surface area contributed by atoms with Gasteiger partial charge < -0.3 is 25.2 Å². The van der Waals surface area contributed by atoms with Crippen molar-refractivity contribution in [1.29, 1.82) is 0 Å². The molecule has 3 amide bonds. The Kier molecular flexibility index (Phi) is 7.21. The first-order valence-corrected chi connectivity index (χ1v) is 12.5. The molecule has 0 aromatic heterocycles. The lowest BCUT2D eigenvalue weighted by Gasteiger charge is -2.36. The molecular formula is C30H30N4O3. The number of nitrogens with one attached hydrogen (secondary N) is 2. The second-order valence-corrected chi connectivity index (χ2v) is 8.90. The highest BCUT2D eigenvalue weighted by atomic mass is 16.5. The minimum atomic E-state index is -0.333. The Bertz CT molecular complexity index is 1400. The van der Waals surface area contributed by atoms with E-state index in [0.717, 1.165) is 35.1 Å². The van der Waals surface area contributed by atoms with Crippen molar-refractivity contribution in [2.75, 3.05) is 48.3 Å². The maximum atomic E-state index is 13.1. The van der Waals surface area contributed by atoms with Gasteiger partial charge in [0.15, 0.2) is 0 Å². The molecule has 5 rings (SSSR count). The van der Waals surface area contributed by atoms with Crippen LogP contribution in [0.2, 0.25) is 0 Å². The summed E-state index contributed by atoms with van der Waals surface area (Å²) in [7, 11) is 0. The molecule has 0 spiro atoms. The Morgan fingerprint density at radius 1 is 0.784 bits per heavy atom. The zero-order valence-corrected chi connectivity index (χ0v) is 20.8. The maximum absolute atomic E-state index is 13.1. The van der Waals surface area contributed by atoms with E-state index in [1.165, 1.54) is 0 Å². The molecule has 1 heterocycles. The van der Waals surface area contributed by atoms with Crippen molar-refractivity contribution >= 4 is 39.8 Å². The van der Waals surface area contributed by atoms with Gasteiger partial charge in [-0.15, -0.1) is 0 Å². The van der Waals surface area contributed by atoms with Crippen LogP contribution in [0.4, 0.5) is 21.9 Å². The molecule has 4 aromatic carbocycles. The molecule has 4 aromatic rings. The van der Waals surface area contributed by atoms with Gasteiger partial charge in [-0.25, -0.2) is 4.79 Å². The third-order valence-corrected chi connectivity index (χ3v) is 6.49. The Morgan fingerprint density at radius 3 is 2.24 bits per heavy atom. The van der Waals surface area contributed by atoms with Gasteiger partial charge >= 0.3 is 6.03 Å². The number of ether oxygens (including phenoxy) is 1. The Balaban J connectivity index is 1.15. The Labute approximate surface area is 216 Å². The summed E-state index contributed by atoms with van der Waals surface area (Å²) in [6.45, 7) is 5.25. The average Bonchev–Trinajstić information content (AvgIpc) is 2.94. The number of urea groups is 1. The van der Waals surface area contributed by atoms with Crippen molar-refractivity contribution in [2.45, 2.75) is 6.92 Å². The zero-order chi connectivity index (χ0) is 25.6. The van der Waals surface area contributed by atoms with E-state index >= 15 is 0 Å². The molecular weight excluding hydrogens is 464 g/mol. The zero-order valence-electron chi connectivity index (χ0n) is 20.8. The van der Waals surface area contributed by atoms with Crippen LogP contribution in [0, 0.1) is 0 Å². The number of anilines is 3. The molecule has 1 saturated heterocycles. The number of hydrogen-bond donors (Lipinski definition) is 2. The minimum absolute atomic E-state index is 0.0712. The van der Waals surface area contributed by atoms with E-state index < -0.39 is 0 Å². The number of para-hydroxylation sites is 2. The number of nitrogens with zero attached hydrogens (tertiary/aromatic N) is 2. The lowest BCUT2D eigenvalue weighted by Crippen LogP contribution is -2.48. The SMILES string of the molecule is CCOc1ccccc1NC(=O)Nc1ccc(N2CCN(C(=O)c3ccc4ccccc4c3)CC2)cc1. The van der Waals surface area contributed by atoms with E-state index in [2.05, 4.69) is 21.6 Å². The standard InChI is InChI=1S/C30H30N4O3/c1-2-37-28-10-6-5-9-27(28)32-30(36)31-25-13-15-26(16-14-25)33-17-19-34(20-18-33)29(35)24-12-11-22-7-3-4-8-23(22)21-24/h3-16,21H,2,17-20H2,1H3,(H2,31,32,36). The van der Waals surface area contributed by atoms with E-state index in [0.29, 0.717) is 36.8 Å². The summed E-state index contributed by atoms with van der Waals surface area (Å²) in [5.74, 6) is 0.704. The molecule has 0 bridgehead atoms. The average molecular weight is 495 g/mol. The van der Waals surface area contributed by atoms with Crippen molar-refractivity contribution in [3.05, 3.63) is 96.6 Å². The fourth-order valence-electron chi connectivity index (χ4n) is 4.56. The molecule has 188 valence electrons. The first-order valence-electron chi connectivity index (χ1n) is 12.5. The van der Waals surface area contributed by atoms with Crippen LogP contribution < -0.4 is 20.3 Å². The number of carbonyl (C=O) groups excluding carboxylic acids is 2. The fraction of sp³-hybridized carbons (Fsp3) is 0.200. The summed E-state index contributed by atoms with van der Waals surface area (Å²) in [6, 6.07) is 28.7. The van der Waals surface area contributed by atoms with Gasteiger partial charge in [0.1, 0.15) is 5.75 Å². The van der Waals surface area contributed by atoms with Gasteiger partial charge in [0.05, 0.1) is 12.3 Å². The van der Waals surface area contributed by atoms with Crippen molar-refractivity contribution in [1.82, 2.24) is 4.90 Å². The van der Waals surface area contributed by atoms with Crippen LogP contribution >= 0.6 is 0 Å². The first kappa shape index (κ1) is 24.2. The van der Waals surface area contributed by atoms with Gasteiger partial charge in [0.2, 0.25) is 0 Å². The largest absolute Gasteiger partial charge is 0.492 e. The molecule has 7 heteroatoms. The monoisotopic (exact) mass is 494 g/mol. The third kappa shape index (κ3) is 5.67. The summed E-state index contributed by atoms with van der Waals surface area (Å²) >= 11 is 0. The van der Waals surface area contributed by atoms with E-state index in [-0.39, 0.29) is 11.9 Å². The molecule has 0 radical (unpaired) electrons. The molecule has 1 aliphatic heterocycles. The lowest BCUT2D eigenvalue weighted by molar-refractivity contribution is 0.0747. The van der Waals surface area contributed by atoms with Crippen LogP contribution in [-0.2, 0) is 0 Å². The van der Waals surface area contributed by atoms with Crippen molar-refractivity contribution in [3.63, 3.8) is 0 Å². The summed E-state index contributed by atoms with van der Waals surface area (Å²) in [6.07, 6.45) is 0. The van der Waals surface area contributed by atoms with E-state index in [9.17, 15) is 9.59 Å². The van der Waals surface area contributed by atoms with E-state index in [1.807, 2.05) is 90.7 Å². The Morgan fingerprint density at radius 2 is 1.49 bits per heavy atom. The number of piperazine rings is 1. The molecule has 0 unspecified atom stereocenters. The number of carbonyl (C=O) groups is 2. The highest BCUT2D eigenvalue weighted by molar-refractivity contribution is 6.01. The van der Waals surface area contributed by atoms with Gasteiger partial charge in [-0.3, -0.25) is 4.79 Å². The summed E-state index contributed by atoms with van der Waals surface area (Å²) in [4.78, 5) is 29.7. The van der Waals surface area contributed by atoms with Crippen molar-refractivity contribution < 1.29 is 14.3 Å². The number of benzene rings is 4. The smallest absolute Gasteiger partial charge is 0.323 e. The summed E-state index contributed by atoms with van der Waals surface area (Å²) in [5.41, 5.74) is 3.10. The molecule has 0 atom stereocenters. The topological polar surface area (TPSA) is 73.9 Å². The molecule has 0 saturated carbocycles. The van der Waals surface area contributed by atoms with Crippen molar-refractivity contribution in [2.24, 2.45) is 0 Å². The van der Waals surface area contributed by atoms with Crippen LogP contribution in [-0.4, -0.2) is 49.6 Å². The number of rotatable bonds is 6. The van der Waals surface area contributed by atoms with Crippen LogP contribution in [0.5, 0.6) is 5.75 Å². The molecule has 2 N–H and O–H groups in total. The predicted molar refractivity (Wildman–Crippen MR) is 149 cm³/mol. The minimum Gasteiger partial charge on any atom is -0.492 e. The number of amides is 3. The quantitative estimate of drug-likeness (QED) is 0.353. The lowest BCUT2D eigenvalue weighted by atomic mass is 10.1. The van der Waals surface area contributed by atoms with Gasteiger partial charge in [-0.05, 0) is 66.2 Å². The highest BCUT2D eigenvalue weighted by Gasteiger charge is 2.22. The van der Waals surface area contributed by atoms with Crippen LogP contribution in [0.25, 0.3) is 10.8 Å². The predicted octanol–water partition coefficient (Wildman–Crippen LogP) is 5.84. The number of fused-ring (bicyclic) bond motifs is 1. The maximum Gasteiger partial charge on any atom is 0.323 e.